The second-order valence-corrected chi connectivity index (χ2v) is 6.16. The van der Waals surface area contributed by atoms with Gasteiger partial charge < -0.3 is 11.1 Å². The fraction of sp³-hybridized carbons (Fsp3) is 0. The Hall–Kier alpha value is -2.86. The second kappa shape index (κ2) is 6.72. The summed E-state index contributed by atoms with van der Waals surface area (Å²) in [7, 11) is 0. The number of hydrogen-bond donors (Lipinski definition) is 2. The summed E-state index contributed by atoms with van der Waals surface area (Å²) >= 11 is 3.38. The Labute approximate surface area is 147 Å². The Bertz CT molecular complexity index is 878. The van der Waals surface area contributed by atoms with Crippen molar-refractivity contribution in [2.24, 2.45) is 0 Å². The number of benzene rings is 3. The van der Waals surface area contributed by atoms with Gasteiger partial charge in [0.15, 0.2) is 0 Å². The first-order valence-electron chi connectivity index (χ1n) is 7.20. The van der Waals surface area contributed by atoms with Gasteiger partial charge in [0.2, 0.25) is 0 Å². The third-order valence-electron chi connectivity index (χ3n) is 3.55. The zero-order valence-corrected chi connectivity index (χ0v) is 14.2. The maximum Gasteiger partial charge on any atom is 0.279 e. The fourth-order valence-electron chi connectivity index (χ4n) is 2.37. The molecule has 0 fully saturated rings. The van der Waals surface area contributed by atoms with Gasteiger partial charge in [-0.2, -0.15) is 0 Å². The fourth-order valence-corrected chi connectivity index (χ4v) is 2.63. The van der Waals surface area contributed by atoms with Crippen molar-refractivity contribution in [2.45, 2.75) is 0 Å². The van der Waals surface area contributed by atoms with Crippen LogP contribution in [0.25, 0.3) is 11.1 Å². The highest BCUT2D eigenvalue weighted by molar-refractivity contribution is 9.10. The van der Waals surface area contributed by atoms with Crippen LogP contribution in [0.3, 0.4) is 0 Å². The molecular weight excluding hydrogens is 370 g/mol. The lowest BCUT2D eigenvalue weighted by Gasteiger charge is -2.09. The highest BCUT2D eigenvalue weighted by Gasteiger charge is 2.16. The van der Waals surface area contributed by atoms with E-state index in [1.54, 1.807) is 30.3 Å². The van der Waals surface area contributed by atoms with Crippen LogP contribution in [0.2, 0.25) is 0 Å². The highest BCUT2D eigenvalue weighted by atomic mass is 79.9. The second-order valence-electron chi connectivity index (χ2n) is 5.24. The number of nitrogen functional groups attached to an aromatic ring is 1. The van der Waals surface area contributed by atoms with Crippen LogP contribution in [0.15, 0.2) is 71.2 Å². The Morgan fingerprint density at radius 2 is 1.54 bits per heavy atom. The first-order chi connectivity index (χ1) is 11.5. The van der Waals surface area contributed by atoms with E-state index in [9.17, 15) is 10.1 Å². The maximum atomic E-state index is 11.5. The molecule has 0 unspecified atom stereocenters. The summed E-state index contributed by atoms with van der Waals surface area (Å²) < 4.78 is 0.970. The van der Waals surface area contributed by atoms with Crippen LogP contribution in [-0.4, -0.2) is 4.92 Å². The first-order valence-corrected chi connectivity index (χ1v) is 7.99. The van der Waals surface area contributed by atoms with Gasteiger partial charge >= 0.3 is 0 Å². The van der Waals surface area contributed by atoms with Gasteiger partial charge in [-0.15, -0.1) is 0 Å². The van der Waals surface area contributed by atoms with Crippen molar-refractivity contribution >= 4 is 38.7 Å². The van der Waals surface area contributed by atoms with E-state index >= 15 is 0 Å². The summed E-state index contributed by atoms with van der Waals surface area (Å²) in [6.07, 6.45) is 0. The number of nitro groups is 1. The van der Waals surface area contributed by atoms with E-state index in [2.05, 4.69) is 21.2 Å². The number of rotatable bonds is 4. The highest BCUT2D eigenvalue weighted by Crippen LogP contribution is 2.33. The molecule has 120 valence electrons. The molecule has 0 aromatic heterocycles. The van der Waals surface area contributed by atoms with E-state index in [0.29, 0.717) is 16.9 Å². The number of anilines is 3. The Kier molecular flexibility index (Phi) is 4.48. The molecule has 0 aliphatic carbocycles. The number of hydrogen-bond acceptors (Lipinski definition) is 4. The summed E-state index contributed by atoms with van der Waals surface area (Å²) in [6.45, 7) is 0. The quantitative estimate of drug-likeness (QED) is 0.361. The van der Waals surface area contributed by atoms with Crippen LogP contribution in [0.4, 0.5) is 22.7 Å². The molecular formula is C18H14BrN3O2. The molecule has 6 heteroatoms. The molecule has 3 aromatic carbocycles. The molecule has 0 amide bonds. The predicted octanol–water partition coefficient (Wildman–Crippen LogP) is 5.35. The van der Waals surface area contributed by atoms with E-state index < -0.39 is 0 Å². The molecule has 0 aliphatic heterocycles. The van der Waals surface area contributed by atoms with Crippen molar-refractivity contribution in [1.82, 2.24) is 0 Å². The van der Waals surface area contributed by atoms with Crippen LogP contribution in [-0.2, 0) is 0 Å². The van der Waals surface area contributed by atoms with E-state index in [1.165, 1.54) is 6.07 Å². The summed E-state index contributed by atoms with van der Waals surface area (Å²) in [6, 6.07) is 19.7. The average molecular weight is 384 g/mol. The smallest absolute Gasteiger partial charge is 0.279 e. The zero-order valence-electron chi connectivity index (χ0n) is 12.6. The average Bonchev–Trinajstić information content (AvgIpc) is 2.58. The minimum absolute atomic E-state index is 0.0434. The Morgan fingerprint density at radius 1 is 0.917 bits per heavy atom. The van der Waals surface area contributed by atoms with Gasteiger partial charge in [0.25, 0.3) is 5.69 Å². The molecule has 0 saturated heterocycles. The number of nitro benzene ring substituents is 1. The monoisotopic (exact) mass is 383 g/mol. The molecule has 3 N–H and O–H groups in total. The van der Waals surface area contributed by atoms with Gasteiger partial charge in [-0.05, 0) is 54.1 Å². The SMILES string of the molecule is Nc1ccc(-c2ccc(Nc3ccc(Br)cc3)cc2[N+](=O)[O-])cc1. The van der Waals surface area contributed by atoms with Crippen molar-refractivity contribution in [3.05, 3.63) is 81.3 Å². The predicted molar refractivity (Wildman–Crippen MR) is 100 cm³/mol. The molecule has 3 aromatic rings. The summed E-state index contributed by atoms with van der Waals surface area (Å²) in [5, 5.41) is 14.6. The summed E-state index contributed by atoms with van der Waals surface area (Å²) in [5.41, 5.74) is 9.16. The van der Waals surface area contributed by atoms with E-state index in [1.807, 2.05) is 30.3 Å². The molecule has 0 saturated carbocycles. The van der Waals surface area contributed by atoms with E-state index in [-0.39, 0.29) is 10.6 Å². The minimum Gasteiger partial charge on any atom is -0.399 e. The molecule has 0 bridgehead atoms. The zero-order chi connectivity index (χ0) is 17.1. The largest absolute Gasteiger partial charge is 0.399 e. The lowest BCUT2D eigenvalue weighted by molar-refractivity contribution is -0.384. The van der Waals surface area contributed by atoms with Crippen LogP contribution < -0.4 is 11.1 Å². The molecule has 24 heavy (non-hydrogen) atoms. The van der Waals surface area contributed by atoms with Crippen molar-refractivity contribution < 1.29 is 4.92 Å². The van der Waals surface area contributed by atoms with Gasteiger partial charge in [0, 0.05) is 27.6 Å². The minimum atomic E-state index is -0.377. The summed E-state index contributed by atoms with van der Waals surface area (Å²) in [5.74, 6) is 0. The maximum absolute atomic E-state index is 11.5. The Balaban J connectivity index is 1.96. The van der Waals surface area contributed by atoms with Gasteiger partial charge in [-0.1, -0.05) is 28.1 Å². The Morgan fingerprint density at radius 3 is 2.17 bits per heavy atom. The standard InChI is InChI=1S/C18H14BrN3O2/c19-13-3-7-15(8-4-13)21-16-9-10-17(18(11-16)22(23)24)12-1-5-14(20)6-2-12/h1-11,21H,20H2. The van der Waals surface area contributed by atoms with Gasteiger partial charge in [-0.25, -0.2) is 0 Å². The van der Waals surface area contributed by atoms with Crippen molar-refractivity contribution in [3.63, 3.8) is 0 Å². The summed E-state index contributed by atoms with van der Waals surface area (Å²) in [4.78, 5) is 11.1. The van der Waals surface area contributed by atoms with Crippen molar-refractivity contribution in [3.8, 4) is 11.1 Å². The number of nitrogens with zero attached hydrogens (tertiary/aromatic N) is 1. The lowest BCUT2D eigenvalue weighted by Crippen LogP contribution is -1.96. The molecule has 0 atom stereocenters. The number of nitrogens with one attached hydrogen (secondary N) is 1. The molecule has 3 rings (SSSR count). The van der Waals surface area contributed by atoms with Gasteiger partial charge in [0.05, 0.1) is 10.5 Å². The van der Waals surface area contributed by atoms with Gasteiger partial charge in [0.1, 0.15) is 0 Å². The van der Waals surface area contributed by atoms with Crippen molar-refractivity contribution in [2.75, 3.05) is 11.1 Å². The lowest BCUT2D eigenvalue weighted by atomic mass is 10.0. The number of halogens is 1. The number of nitrogens with two attached hydrogens (primary N) is 1. The molecule has 0 heterocycles. The molecule has 0 aliphatic rings. The van der Waals surface area contributed by atoms with Crippen LogP contribution in [0.5, 0.6) is 0 Å². The molecule has 0 spiro atoms. The first kappa shape index (κ1) is 16.0. The van der Waals surface area contributed by atoms with E-state index in [0.717, 1.165) is 15.7 Å². The molecule has 5 nitrogen and oxygen atoms in total. The third-order valence-corrected chi connectivity index (χ3v) is 4.08. The van der Waals surface area contributed by atoms with Crippen LogP contribution in [0.1, 0.15) is 0 Å². The normalized spacial score (nSPS) is 10.4. The topological polar surface area (TPSA) is 81.2 Å². The van der Waals surface area contributed by atoms with Crippen molar-refractivity contribution in [1.29, 1.82) is 0 Å². The van der Waals surface area contributed by atoms with Crippen LogP contribution >= 0.6 is 15.9 Å². The van der Waals surface area contributed by atoms with E-state index in [4.69, 9.17) is 5.73 Å². The molecule has 0 radical (unpaired) electrons. The third kappa shape index (κ3) is 3.55. The van der Waals surface area contributed by atoms with Gasteiger partial charge in [-0.3, -0.25) is 10.1 Å². The van der Waals surface area contributed by atoms with Crippen LogP contribution in [0, 0.1) is 10.1 Å².